The van der Waals surface area contributed by atoms with Crippen molar-refractivity contribution >= 4 is 5.91 Å². The second-order valence-electron chi connectivity index (χ2n) is 6.03. The summed E-state index contributed by atoms with van der Waals surface area (Å²) in [5.41, 5.74) is 1.19. The van der Waals surface area contributed by atoms with E-state index in [4.69, 9.17) is 4.74 Å². The normalized spacial score (nSPS) is 11.3. The molecule has 0 unspecified atom stereocenters. The Bertz CT molecular complexity index is 672. The Morgan fingerprint density at radius 2 is 2.14 bits per heavy atom. The Morgan fingerprint density at radius 1 is 1.41 bits per heavy atom. The lowest BCUT2D eigenvalue weighted by Gasteiger charge is -2.18. The molecule has 2 rings (SSSR count). The third-order valence-electron chi connectivity index (χ3n) is 3.23. The van der Waals surface area contributed by atoms with E-state index in [0.29, 0.717) is 17.9 Å². The summed E-state index contributed by atoms with van der Waals surface area (Å²) in [4.78, 5) is 12.1. The first-order valence-electron chi connectivity index (χ1n) is 7.00. The van der Waals surface area contributed by atoms with Crippen molar-refractivity contribution in [3.8, 4) is 11.5 Å². The number of hydrogen-bond acceptors (Lipinski definition) is 4. The number of aromatic hydroxyl groups is 1. The van der Waals surface area contributed by atoms with Crippen molar-refractivity contribution in [1.82, 2.24) is 15.1 Å². The Balaban J connectivity index is 2.02. The van der Waals surface area contributed by atoms with Gasteiger partial charge in [0.1, 0.15) is 0 Å². The molecule has 0 spiro atoms. The number of ether oxygens (including phenoxy) is 1. The van der Waals surface area contributed by atoms with Crippen LogP contribution in [0.3, 0.4) is 0 Å². The van der Waals surface area contributed by atoms with E-state index >= 15 is 0 Å². The Kier molecular flexibility index (Phi) is 4.40. The Hall–Kier alpha value is -2.50. The van der Waals surface area contributed by atoms with Gasteiger partial charge in [0.25, 0.3) is 5.91 Å². The molecular formula is C16H21N3O3. The van der Waals surface area contributed by atoms with E-state index in [1.54, 1.807) is 29.2 Å². The van der Waals surface area contributed by atoms with E-state index in [0.717, 1.165) is 5.56 Å². The number of nitrogens with zero attached hydrogens (tertiary/aromatic N) is 2. The molecule has 0 fully saturated rings. The molecule has 2 aromatic rings. The number of amides is 1. The minimum Gasteiger partial charge on any atom is -0.504 e. The summed E-state index contributed by atoms with van der Waals surface area (Å²) >= 11 is 0. The van der Waals surface area contributed by atoms with Gasteiger partial charge in [0, 0.05) is 12.7 Å². The zero-order valence-corrected chi connectivity index (χ0v) is 13.3. The number of nitrogens with one attached hydrogen (secondary N) is 1. The summed E-state index contributed by atoms with van der Waals surface area (Å²) < 4.78 is 6.80. The lowest BCUT2D eigenvalue weighted by atomic mass is 10.1. The van der Waals surface area contributed by atoms with Gasteiger partial charge in [0.05, 0.1) is 24.4 Å². The maximum Gasteiger partial charge on any atom is 0.254 e. The molecule has 0 aliphatic carbocycles. The van der Waals surface area contributed by atoms with Crippen LogP contribution in [0.25, 0.3) is 0 Å². The number of carbonyl (C=O) groups is 1. The molecule has 22 heavy (non-hydrogen) atoms. The third-order valence-corrected chi connectivity index (χ3v) is 3.23. The highest BCUT2D eigenvalue weighted by Crippen LogP contribution is 2.26. The minimum atomic E-state index is -0.192. The van der Waals surface area contributed by atoms with Crippen LogP contribution in [0.4, 0.5) is 0 Å². The van der Waals surface area contributed by atoms with Crippen molar-refractivity contribution in [3.05, 3.63) is 41.7 Å². The predicted octanol–water partition coefficient (Wildman–Crippen LogP) is 2.28. The lowest BCUT2D eigenvalue weighted by molar-refractivity contribution is 0.0950. The average Bonchev–Trinajstić information content (AvgIpc) is 2.96. The summed E-state index contributed by atoms with van der Waals surface area (Å²) in [6.07, 6.45) is 3.28. The largest absolute Gasteiger partial charge is 0.504 e. The van der Waals surface area contributed by atoms with Crippen LogP contribution in [-0.4, -0.2) is 27.9 Å². The van der Waals surface area contributed by atoms with Gasteiger partial charge in [-0.3, -0.25) is 9.48 Å². The monoisotopic (exact) mass is 303 g/mol. The number of benzene rings is 1. The van der Waals surface area contributed by atoms with Crippen LogP contribution >= 0.6 is 0 Å². The molecule has 1 amide bonds. The van der Waals surface area contributed by atoms with E-state index < -0.39 is 0 Å². The van der Waals surface area contributed by atoms with Crippen LogP contribution in [0.15, 0.2) is 30.6 Å². The fourth-order valence-corrected chi connectivity index (χ4v) is 1.92. The minimum absolute atomic E-state index is 0.0732. The maximum absolute atomic E-state index is 12.1. The van der Waals surface area contributed by atoms with Gasteiger partial charge >= 0.3 is 0 Å². The predicted molar refractivity (Wildman–Crippen MR) is 83.1 cm³/mol. The quantitative estimate of drug-likeness (QED) is 0.908. The molecule has 0 radical (unpaired) electrons. The Labute approximate surface area is 129 Å². The molecule has 2 N–H and O–H groups in total. The molecule has 6 heteroatoms. The van der Waals surface area contributed by atoms with E-state index in [1.165, 1.54) is 13.2 Å². The molecule has 0 saturated carbocycles. The molecule has 0 aliphatic heterocycles. The van der Waals surface area contributed by atoms with Gasteiger partial charge in [-0.1, -0.05) is 6.07 Å². The number of phenols is 1. The Morgan fingerprint density at radius 3 is 2.73 bits per heavy atom. The van der Waals surface area contributed by atoms with Crippen molar-refractivity contribution in [1.29, 1.82) is 0 Å². The van der Waals surface area contributed by atoms with Crippen LogP contribution < -0.4 is 10.1 Å². The number of phenolic OH excluding ortho intramolecular Hbond substituents is 1. The summed E-state index contributed by atoms with van der Waals surface area (Å²) in [5, 5.41) is 16.6. The van der Waals surface area contributed by atoms with E-state index in [1.807, 2.05) is 20.8 Å². The number of aromatic nitrogens is 2. The molecular weight excluding hydrogens is 282 g/mol. The highest BCUT2D eigenvalue weighted by molar-refractivity contribution is 5.93. The van der Waals surface area contributed by atoms with Crippen LogP contribution in [0.5, 0.6) is 11.5 Å². The number of hydrogen-bond donors (Lipinski definition) is 2. The van der Waals surface area contributed by atoms with Crippen molar-refractivity contribution in [2.24, 2.45) is 0 Å². The van der Waals surface area contributed by atoms with Gasteiger partial charge in [-0.2, -0.15) is 5.10 Å². The van der Waals surface area contributed by atoms with Crippen molar-refractivity contribution in [2.75, 3.05) is 7.11 Å². The van der Waals surface area contributed by atoms with E-state index in [9.17, 15) is 9.90 Å². The number of carbonyl (C=O) groups excluding carboxylic acids is 1. The summed E-state index contributed by atoms with van der Waals surface area (Å²) in [6.45, 7) is 6.40. The topological polar surface area (TPSA) is 76.4 Å². The number of methoxy groups -OCH3 is 1. The average molecular weight is 303 g/mol. The van der Waals surface area contributed by atoms with Gasteiger partial charge in [0.2, 0.25) is 0 Å². The lowest BCUT2D eigenvalue weighted by Crippen LogP contribution is -2.24. The van der Waals surface area contributed by atoms with Crippen LogP contribution in [0, 0.1) is 0 Å². The molecule has 0 aliphatic rings. The highest BCUT2D eigenvalue weighted by atomic mass is 16.5. The van der Waals surface area contributed by atoms with Crippen LogP contribution in [0.2, 0.25) is 0 Å². The summed E-state index contributed by atoms with van der Waals surface area (Å²) in [7, 11) is 1.48. The molecule has 6 nitrogen and oxygen atoms in total. The van der Waals surface area contributed by atoms with Crippen LogP contribution in [-0.2, 0) is 12.1 Å². The standard InChI is InChI=1S/C16H21N3O3/c1-16(2,3)19-10-12(9-18-19)15(21)17-8-11-5-6-13(20)14(7-11)22-4/h5-7,9-10,20H,8H2,1-4H3,(H,17,21). The molecule has 1 aromatic carbocycles. The number of rotatable bonds is 4. The maximum atomic E-state index is 12.1. The van der Waals surface area contributed by atoms with Gasteiger partial charge in [0.15, 0.2) is 11.5 Å². The molecule has 118 valence electrons. The highest BCUT2D eigenvalue weighted by Gasteiger charge is 2.16. The zero-order chi connectivity index (χ0) is 16.3. The van der Waals surface area contributed by atoms with Crippen molar-refractivity contribution < 1.29 is 14.6 Å². The van der Waals surface area contributed by atoms with Crippen molar-refractivity contribution in [2.45, 2.75) is 32.9 Å². The third kappa shape index (κ3) is 3.58. The SMILES string of the molecule is COc1cc(CNC(=O)c2cnn(C(C)(C)C)c2)ccc1O. The van der Waals surface area contributed by atoms with Gasteiger partial charge in [-0.05, 0) is 38.5 Å². The zero-order valence-electron chi connectivity index (χ0n) is 13.3. The first-order valence-corrected chi connectivity index (χ1v) is 7.00. The summed E-state index contributed by atoms with van der Waals surface area (Å²) in [6, 6.07) is 4.96. The van der Waals surface area contributed by atoms with Gasteiger partial charge in [-0.25, -0.2) is 0 Å². The first-order chi connectivity index (χ1) is 10.3. The smallest absolute Gasteiger partial charge is 0.254 e. The fraction of sp³-hybridized carbons (Fsp3) is 0.375. The van der Waals surface area contributed by atoms with E-state index in [-0.39, 0.29) is 17.2 Å². The van der Waals surface area contributed by atoms with Crippen molar-refractivity contribution in [3.63, 3.8) is 0 Å². The molecule has 0 bridgehead atoms. The molecule has 0 saturated heterocycles. The second-order valence-corrected chi connectivity index (χ2v) is 6.03. The molecule has 1 aromatic heterocycles. The van der Waals surface area contributed by atoms with Gasteiger partial charge in [-0.15, -0.1) is 0 Å². The molecule has 0 atom stereocenters. The van der Waals surface area contributed by atoms with Gasteiger partial charge < -0.3 is 15.2 Å². The molecule has 1 heterocycles. The summed E-state index contributed by atoms with van der Waals surface area (Å²) in [5.74, 6) is 0.263. The second kappa shape index (κ2) is 6.09. The fourth-order valence-electron chi connectivity index (χ4n) is 1.92. The van der Waals surface area contributed by atoms with Crippen LogP contribution in [0.1, 0.15) is 36.7 Å². The van der Waals surface area contributed by atoms with E-state index in [2.05, 4.69) is 10.4 Å². The first kappa shape index (κ1) is 15.9.